The normalized spacial score (nSPS) is 16.4. The van der Waals surface area contributed by atoms with Gasteiger partial charge in [0.1, 0.15) is 12.6 Å². The molecule has 0 bridgehead atoms. The van der Waals surface area contributed by atoms with Crippen LogP contribution in [0.5, 0.6) is 0 Å². The Labute approximate surface area is 193 Å². The van der Waals surface area contributed by atoms with Crippen LogP contribution in [0, 0.1) is 5.92 Å². The average Bonchev–Trinajstić information content (AvgIpc) is 3.16. The highest BCUT2D eigenvalue weighted by molar-refractivity contribution is 5.81. The van der Waals surface area contributed by atoms with Crippen LogP contribution in [-0.2, 0) is 14.3 Å². The van der Waals surface area contributed by atoms with E-state index in [1.807, 2.05) is 36.4 Å². The third kappa shape index (κ3) is 5.35. The Kier molecular flexibility index (Phi) is 7.27. The molecule has 2 aromatic carbocycles. The number of carboxylic acid groups (broad SMARTS) is 1. The van der Waals surface area contributed by atoms with Crippen molar-refractivity contribution in [3.8, 4) is 11.1 Å². The van der Waals surface area contributed by atoms with Gasteiger partial charge < -0.3 is 20.5 Å². The minimum Gasteiger partial charge on any atom is -0.480 e. The number of nitrogens with one attached hydrogen (secondary N) is 2. The van der Waals surface area contributed by atoms with Crippen molar-refractivity contribution in [2.75, 3.05) is 13.2 Å². The summed E-state index contributed by atoms with van der Waals surface area (Å²) in [4.78, 5) is 36.3. The molecule has 0 aliphatic heterocycles. The molecule has 2 aromatic rings. The number of alkyl carbamates (subject to hydrolysis) is 1. The molecular weight excluding hydrogens is 420 g/mol. The first kappa shape index (κ1) is 22.8. The maximum absolute atomic E-state index is 12.4. The topological polar surface area (TPSA) is 105 Å². The van der Waals surface area contributed by atoms with Crippen molar-refractivity contribution in [2.45, 2.75) is 50.5 Å². The maximum atomic E-state index is 12.4. The fourth-order valence-electron chi connectivity index (χ4n) is 4.89. The quantitative estimate of drug-likeness (QED) is 0.562. The van der Waals surface area contributed by atoms with Crippen LogP contribution in [-0.4, -0.2) is 42.3 Å². The van der Waals surface area contributed by atoms with E-state index in [1.165, 1.54) is 0 Å². The van der Waals surface area contributed by atoms with Gasteiger partial charge in [0.15, 0.2) is 0 Å². The third-order valence-electron chi connectivity index (χ3n) is 6.64. The fourth-order valence-corrected chi connectivity index (χ4v) is 4.89. The van der Waals surface area contributed by atoms with E-state index in [0.717, 1.165) is 54.4 Å². The molecule has 2 aliphatic rings. The molecule has 174 valence electrons. The van der Waals surface area contributed by atoms with Crippen LogP contribution in [0.4, 0.5) is 4.79 Å². The summed E-state index contributed by atoms with van der Waals surface area (Å²) in [5.41, 5.74) is 4.43. The SMILES string of the molecule is O=C(N[C@@H](CCNC(=O)C1CCCCC1)C(=O)O)OCC1c2ccccc2-c2ccccc21. The summed E-state index contributed by atoms with van der Waals surface area (Å²) in [7, 11) is 0. The van der Waals surface area contributed by atoms with Crippen LogP contribution in [0.2, 0.25) is 0 Å². The Morgan fingerprint density at radius 1 is 0.939 bits per heavy atom. The highest BCUT2D eigenvalue weighted by Crippen LogP contribution is 2.44. The van der Waals surface area contributed by atoms with Gasteiger partial charge in [-0.3, -0.25) is 4.79 Å². The highest BCUT2D eigenvalue weighted by Gasteiger charge is 2.30. The Bertz CT molecular complexity index is 970. The molecule has 2 amide bonds. The van der Waals surface area contributed by atoms with Gasteiger partial charge in [-0.25, -0.2) is 9.59 Å². The summed E-state index contributed by atoms with van der Waals surface area (Å²) < 4.78 is 5.44. The molecule has 3 N–H and O–H groups in total. The van der Waals surface area contributed by atoms with Gasteiger partial charge in [-0.15, -0.1) is 0 Å². The molecule has 0 heterocycles. The third-order valence-corrected chi connectivity index (χ3v) is 6.64. The van der Waals surface area contributed by atoms with E-state index in [0.29, 0.717) is 0 Å². The minimum absolute atomic E-state index is 0.0112. The van der Waals surface area contributed by atoms with Crippen molar-refractivity contribution in [3.63, 3.8) is 0 Å². The van der Waals surface area contributed by atoms with Crippen LogP contribution in [0.25, 0.3) is 11.1 Å². The van der Waals surface area contributed by atoms with Gasteiger partial charge in [-0.05, 0) is 41.5 Å². The van der Waals surface area contributed by atoms with Crippen molar-refractivity contribution in [3.05, 3.63) is 59.7 Å². The molecule has 7 heteroatoms. The maximum Gasteiger partial charge on any atom is 0.407 e. The second-order valence-electron chi connectivity index (χ2n) is 8.78. The van der Waals surface area contributed by atoms with Gasteiger partial charge in [0, 0.05) is 18.4 Å². The van der Waals surface area contributed by atoms with Gasteiger partial charge in [-0.1, -0.05) is 67.8 Å². The van der Waals surface area contributed by atoms with E-state index < -0.39 is 18.1 Å². The Hall–Kier alpha value is -3.35. The van der Waals surface area contributed by atoms with Gasteiger partial charge >= 0.3 is 12.1 Å². The van der Waals surface area contributed by atoms with Crippen molar-refractivity contribution in [1.82, 2.24) is 10.6 Å². The summed E-state index contributed by atoms with van der Waals surface area (Å²) in [5.74, 6) is -1.27. The predicted octanol–water partition coefficient (Wildman–Crippen LogP) is 4.06. The molecule has 33 heavy (non-hydrogen) atoms. The molecular formula is C26H30N2O5. The minimum atomic E-state index is -1.16. The standard InChI is InChI=1S/C26H30N2O5/c29-24(17-8-2-1-3-9-17)27-15-14-23(25(30)31)28-26(32)33-16-22-20-12-6-4-10-18(20)19-11-5-7-13-21(19)22/h4-7,10-13,17,22-23H,1-3,8-9,14-16H2,(H,27,29)(H,28,32)(H,30,31)/t23-/m0/s1. The number of hydrogen-bond acceptors (Lipinski definition) is 4. The van der Waals surface area contributed by atoms with Gasteiger partial charge in [-0.2, -0.15) is 0 Å². The Morgan fingerprint density at radius 3 is 2.15 bits per heavy atom. The lowest BCUT2D eigenvalue weighted by atomic mass is 9.88. The van der Waals surface area contributed by atoms with Crippen LogP contribution >= 0.6 is 0 Å². The van der Waals surface area contributed by atoms with Gasteiger partial charge in [0.05, 0.1) is 0 Å². The van der Waals surface area contributed by atoms with Crippen molar-refractivity contribution < 1.29 is 24.2 Å². The molecule has 0 spiro atoms. The number of ether oxygens (including phenoxy) is 1. The molecule has 1 fully saturated rings. The highest BCUT2D eigenvalue weighted by atomic mass is 16.5. The number of carbonyl (C=O) groups excluding carboxylic acids is 2. The summed E-state index contributed by atoms with van der Waals surface area (Å²) in [6, 6.07) is 14.9. The van der Waals surface area contributed by atoms with Crippen LogP contribution in [0.1, 0.15) is 55.6 Å². The van der Waals surface area contributed by atoms with Crippen molar-refractivity contribution >= 4 is 18.0 Å². The first-order valence-electron chi connectivity index (χ1n) is 11.7. The molecule has 0 aromatic heterocycles. The molecule has 1 saturated carbocycles. The summed E-state index contributed by atoms with van der Waals surface area (Å²) >= 11 is 0. The molecule has 2 aliphatic carbocycles. The zero-order valence-electron chi connectivity index (χ0n) is 18.6. The Morgan fingerprint density at radius 2 is 1.55 bits per heavy atom. The molecule has 0 radical (unpaired) electrons. The van der Waals surface area contributed by atoms with E-state index in [9.17, 15) is 19.5 Å². The monoisotopic (exact) mass is 450 g/mol. The second kappa shape index (κ2) is 10.5. The lowest BCUT2D eigenvalue weighted by molar-refractivity contribution is -0.139. The lowest BCUT2D eigenvalue weighted by Crippen LogP contribution is -2.44. The van der Waals surface area contributed by atoms with Crippen LogP contribution in [0.15, 0.2) is 48.5 Å². The predicted molar refractivity (Wildman–Crippen MR) is 124 cm³/mol. The number of fused-ring (bicyclic) bond motifs is 3. The van der Waals surface area contributed by atoms with Gasteiger partial charge in [0.2, 0.25) is 5.91 Å². The summed E-state index contributed by atoms with van der Waals surface area (Å²) in [5, 5.41) is 14.7. The smallest absolute Gasteiger partial charge is 0.407 e. The number of benzene rings is 2. The number of carbonyl (C=O) groups is 3. The van der Waals surface area contributed by atoms with Crippen molar-refractivity contribution in [2.24, 2.45) is 5.92 Å². The lowest BCUT2D eigenvalue weighted by Gasteiger charge is -2.21. The van der Waals surface area contributed by atoms with E-state index >= 15 is 0 Å². The zero-order valence-corrected chi connectivity index (χ0v) is 18.6. The van der Waals surface area contributed by atoms with Crippen LogP contribution in [0.3, 0.4) is 0 Å². The molecule has 7 nitrogen and oxygen atoms in total. The molecule has 1 atom stereocenters. The second-order valence-corrected chi connectivity index (χ2v) is 8.78. The average molecular weight is 451 g/mol. The van der Waals surface area contributed by atoms with Crippen molar-refractivity contribution in [1.29, 1.82) is 0 Å². The zero-order chi connectivity index (χ0) is 23.2. The molecule has 0 saturated heterocycles. The number of aliphatic carboxylic acids is 1. The fraction of sp³-hybridized carbons (Fsp3) is 0.423. The van der Waals surface area contributed by atoms with E-state index in [1.54, 1.807) is 0 Å². The van der Waals surface area contributed by atoms with Crippen LogP contribution < -0.4 is 10.6 Å². The first-order valence-corrected chi connectivity index (χ1v) is 11.7. The van der Waals surface area contributed by atoms with E-state index in [4.69, 9.17) is 4.74 Å². The Balaban J connectivity index is 1.29. The number of rotatable bonds is 8. The largest absolute Gasteiger partial charge is 0.480 e. The van der Waals surface area contributed by atoms with E-state index in [-0.39, 0.29) is 37.3 Å². The molecule has 0 unspecified atom stereocenters. The number of amides is 2. The first-order chi connectivity index (χ1) is 16.0. The summed E-state index contributed by atoms with van der Waals surface area (Å²) in [6.07, 6.45) is 4.35. The van der Waals surface area contributed by atoms with Gasteiger partial charge in [0.25, 0.3) is 0 Å². The van der Waals surface area contributed by atoms with E-state index in [2.05, 4.69) is 22.8 Å². The number of carboxylic acids is 1. The molecule has 4 rings (SSSR count). The number of hydrogen-bond donors (Lipinski definition) is 3. The summed E-state index contributed by atoms with van der Waals surface area (Å²) in [6.45, 7) is 0.306.